The van der Waals surface area contributed by atoms with Crippen LogP contribution in [0, 0.1) is 5.41 Å². The molecule has 82 valence electrons. The third kappa shape index (κ3) is 2.71. The normalized spacial score (nSPS) is 22.6. The van der Waals surface area contributed by atoms with Gasteiger partial charge in [-0.15, -0.1) is 0 Å². The molecule has 1 atom stereocenters. The van der Waals surface area contributed by atoms with Crippen LogP contribution in [-0.4, -0.2) is 48.4 Å². The zero-order valence-electron chi connectivity index (χ0n) is 9.71. The summed E-state index contributed by atoms with van der Waals surface area (Å²) >= 11 is 0. The van der Waals surface area contributed by atoms with Gasteiger partial charge in [-0.1, -0.05) is 13.8 Å². The highest BCUT2D eigenvalue weighted by Gasteiger charge is 2.24. The molecule has 1 aliphatic heterocycles. The van der Waals surface area contributed by atoms with Gasteiger partial charge in [0.15, 0.2) is 0 Å². The lowest BCUT2D eigenvalue weighted by Crippen LogP contribution is -2.40. The summed E-state index contributed by atoms with van der Waals surface area (Å²) in [6.07, 6.45) is 3.47. The lowest BCUT2D eigenvalue weighted by atomic mass is 10.2. The van der Waals surface area contributed by atoms with Crippen LogP contribution >= 0.6 is 0 Å². The Balaban J connectivity index is 2.39. The lowest BCUT2D eigenvalue weighted by Gasteiger charge is -2.28. The molecule has 1 N–H and O–H groups in total. The average Bonchev–Trinajstić information content (AvgIpc) is 2.63. The van der Waals surface area contributed by atoms with E-state index >= 15 is 0 Å². The Morgan fingerprint density at radius 3 is 2.79 bits per heavy atom. The summed E-state index contributed by atoms with van der Waals surface area (Å²) in [7, 11) is 2.04. The minimum Gasteiger partial charge on any atom is -0.362 e. The first-order chi connectivity index (χ1) is 6.69. The molecule has 0 spiro atoms. The molecule has 3 nitrogen and oxygen atoms in total. The summed E-state index contributed by atoms with van der Waals surface area (Å²) in [5.74, 6) is 0.757. The average molecular weight is 197 g/mol. The van der Waals surface area contributed by atoms with Crippen LogP contribution in [0.15, 0.2) is 0 Å². The van der Waals surface area contributed by atoms with Gasteiger partial charge in [-0.3, -0.25) is 10.3 Å². The van der Waals surface area contributed by atoms with Crippen LogP contribution in [0.3, 0.4) is 0 Å². The molecule has 1 heterocycles. The van der Waals surface area contributed by atoms with E-state index in [-0.39, 0.29) is 0 Å². The predicted molar refractivity (Wildman–Crippen MR) is 60.9 cm³/mol. The second-order valence-electron chi connectivity index (χ2n) is 4.11. The minimum atomic E-state index is 0.678. The van der Waals surface area contributed by atoms with Crippen molar-refractivity contribution in [3.8, 4) is 0 Å². The van der Waals surface area contributed by atoms with Crippen LogP contribution in [0.25, 0.3) is 0 Å². The van der Waals surface area contributed by atoms with Gasteiger partial charge in [0, 0.05) is 26.1 Å². The van der Waals surface area contributed by atoms with Gasteiger partial charge in [-0.25, -0.2) is 0 Å². The Kier molecular flexibility index (Phi) is 4.39. The highest BCUT2D eigenvalue weighted by molar-refractivity contribution is 5.78. The number of amidine groups is 1. The maximum atomic E-state index is 7.74. The monoisotopic (exact) mass is 197 g/mol. The maximum Gasteiger partial charge on any atom is 0.0952 e. The Hall–Kier alpha value is -0.570. The molecule has 1 saturated heterocycles. The SMILES string of the molecule is CCC(=N)N(C)CC1CCCN1CC. The number of hydrogen-bond donors (Lipinski definition) is 1. The van der Waals surface area contributed by atoms with Crippen molar-refractivity contribution in [2.75, 3.05) is 26.7 Å². The lowest BCUT2D eigenvalue weighted by molar-refractivity contribution is 0.233. The van der Waals surface area contributed by atoms with Crippen molar-refractivity contribution in [1.29, 1.82) is 5.41 Å². The molecule has 0 bridgehead atoms. The highest BCUT2D eigenvalue weighted by atomic mass is 15.2. The summed E-state index contributed by atoms with van der Waals surface area (Å²) in [6.45, 7) is 7.70. The third-order valence-electron chi connectivity index (χ3n) is 3.19. The highest BCUT2D eigenvalue weighted by Crippen LogP contribution is 2.17. The molecule has 0 saturated carbocycles. The fourth-order valence-corrected chi connectivity index (χ4v) is 2.21. The van der Waals surface area contributed by atoms with Crippen LogP contribution < -0.4 is 0 Å². The van der Waals surface area contributed by atoms with Crippen molar-refractivity contribution in [2.24, 2.45) is 0 Å². The number of hydrogen-bond acceptors (Lipinski definition) is 2. The van der Waals surface area contributed by atoms with E-state index in [9.17, 15) is 0 Å². The van der Waals surface area contributed by atoms with Crippen LogP contribution in [0.1, 0.15) is 33.1 Å². The van der Waals surface area contributed by atoms with Crippen molar-refractivity contribution < 1.29 is 0 Å². The predicted octanol–water partition coefficient (Wildman–Crippen LogP) is 1.79. The number of likely N-dealkylation sites (tertiary alicyclic amines) is 1. The van der Waals surface area contributed by atoms with E-state index < -0.39 is 0 Å². The first-order valence-corrected chi connectivity index (χ1v) is 5.71. The topological polar surface area (TPSA) is 30.3 Å². The van der Waals surface area contributed by atoms with E-state index in [2.05, 4.69) is 16.7 Å². The van der Waals surface area contributed by atoms with Crippen LogP contribution in [0.4, 0.5) is 0 Å². The summed E-state index contributed by atoms with van der Waals surface area (Å²) < 4.78 is 0. The summed E-state index contributed by atoms with van der Waals surface area (Å²) in [5, 5.41) is 7.74. The molecule has 14 heavy (non-hydrogen) atoms. The van der Waals surface area contributed by atoms with E-state index in [4.69, 9.17) is 5.41 Å². The molecule has 1 aliphatic rings. The van der Waals surface area contributed by atoms with Gasteiger partial charge in [0.25, 0.3) is 0 Å². The van der Waals surface area contributed by atoms with Gasteiger partial charge in [0.1, 0.15) is 0 Å². The first-order valence-electron chi connectivity index (χ1n) is 5.71. The van der Waals surface area contributed by atoms with E-state index in [1.54, 1.807) is 0 Å². The van der Waals surface area contributed by atoms with Crippen molar-refractivity contribution in [3.05, 3.63) is 0 Å². The van der Waals surface area contributed by atoms with E-state index in [1.165, 1.54) is 19.4 Å². The third-order valence-corrected chi connectivity index (χ3v) is 3.19. The number of nitrogens with one attached hydrogen (secondary N) is 1. The Morgan fingerprint density at radius 1 is 1.50 bits per heavy atom. The maximum absolute atomic E-state index is 7.74. The largest absolute Gasteiger partial charge is 0.362 e. The van der Waals surface area contributed by atoms with Crippen molar-refractivity contribution in [2.45, 2.75) is 39.2 Å². The molecular weight excluding hydrogens is 174 g/mol. The molecule has 0 aromatic carbocycles. The van der Waals surface area contributed by atoms with E-state index in [0.717, 1.165) is 25.3 Å². The Labute approximate surface area is 87.6 Å². The first kappa shape index (κ1) is 11.5. The summed E-state index contributed by atoms with van der Waals surface area (Å²) in [5.41, 5.74) is 0. The minimum absolute atomic E-state index is 0.678. The molecule has 1 unspecified atom stereocenters. The number of rotatable bonds is 4. The van der Waals surface area contributed by atoms with E-state index in [0.29, 0.717) is 6.04 Å². The number of nitrogens with zero attached hydrogens (tertiary/aromatic N) is 2. The molecule has 3 heteroatoms. The molecule has 0 radical (unpaired) electrons. The fraction of sp³-hybridized carbons (Fsp3) is 0.909. The standard InChI is InChI=1S/C11H23N3/c1-4-11(12)13(3)9-10-7-6-8-14(10)5-2/h10,12H,4-9H2,1-3H3. The van der Waals surface area contributed by atoms with Crippen LogP contribution in [0.5, 0.6) is 0 Å². The van der Waals surface area contributed by atoms with Crippen molar-refractivity contribution in [3.63, 3.8) is 0 Å². The van der Waals surface area contributed by atoms with Gasteiger partial charge >= 0.3 is 0 Å². The Morgan fingerprint density at radius 2 is 2.21 bits per heavy atom. The quantitative estimate of drug-likeness (QED) is 0.550. The molecule has 0 aliphatic carbocycles. The van der Waals surface area contributed by atoms with Crippen molar-refractivity contribution >= 4 is 5.84 Å². The van der Waals surface area contributed by atoms with Gasteiger partial charge in [0.05, 0.1) is 5.84 Å². The van der Waals surface area contributed by atoms with Crippen molar-refractivity contribution in [1.82, 2.24) is 9.80 Å². The number of likely N-dealkylation sites (N-methyl/N-ethyl adjacent to an activating group) is 2. The fourth-order valence-electron chi connectivity index (χ4n) is 2.21. The molecule has 1 fully saturated rings. The van der Waals surface area contributed by atoms with E-state index in [1.807, 2.05) is 14.0 Å². The second kappa shape index (κ2) is 5.35. The van der Waals surface area contributed by atoms with Gasteiger partial charge in [-0.05, 0) is 25.9 Å². The zero-order chi connectivity index (χ0) is 10.6. The molecule has 0 aromatic heterocycles. The molecular formula is C11H23N3. The van der Waals surface area contributed by atoms with Crippen LogP contribution in [-0.2, 0) is 0 Å². The second-order valence-corrected chi connectivity index (χ2v) is 4.11. The van der Waals surface area contributed by atoms with Crippen LogP contribution in [0.2, 0.25) is 0 Å². The molecule has 0 aromatic rings. The summed E-state index contributed by atoms with van der Waals surface area (Å²) in [4.78, 5) is 4.62. The molecule has 0 amide bonds. The smallest absolute Gasteiger partial charge is 0.0952 e. The van der Waals surface area contributed by atoms with Gasteiger partial charge in [-0.2, -0.15) is 0 Å². The zero-order valence-corrected chi connectivity index (χ0v) is 9.71. The molecule has 1 rings (SSSR count). The Bertz CT molecular complexity index is 191. The van der Waals surface area contributed by atoms with Gasteiger partial charge in [0.2, 0.25) is 0 Å². The summed E-state index contributed by atoms with van der Waals surface area (Å²) in [6, 6.07) is 0.678. The van der Waals surface area contributed by atoms with Gasteiger partial charge < -0.3 is 4.90 Å².